The third-order valence-electron chi connectivity index (χ3n) is 5.59. The number of nitrogens with zero attached hydrogens (tertiary/aromatic N) is 1. The van der Waals surface area contributed by atoms with E-state index in [0.717, 1.165) is 15.4 Å². The zero-order chi connectivity index (χ0) is 28.4. The summed E-state index contributed by atoms with van der Waals surface area (Å²) in [5.41, 5.74) is -4.79. The monoisotopic (exact) mass is 779 g/mol. The van der Waals surface area contributed by atoms with Crippen LogP contribution in [0.1, 0.15) is 48.2 Å². The molecule has 2 aromatic carbocycles. The van der Waals surface area contributed by atoms with Crippen LogP contribution in [0.15, 0.2) is 34.9 Å². The molecule has 1 heterocycles. The highest BCUT2D eigenvalue weighted by Crippen LogP contribution is 2.38. The number of unbranched alkanes of at least 4 members (excludes halogenated alkanes) is 1. The number of rotatable bonds is 11. The number of carbonyl (C=O) groups excluding carboxylic acids is 1. The van der Waals surface area contributed by atoms with Crippen LogP contribution >= 0.6 is 45.2 Å². The van der Waals surface area contributed by atoms with E-state index in [-0.39, 0.29) is 44.3 Å². The fourth-order valence-electron chi connectivity index (χ4n) is 3.72. The lowest BCUT2D eigenvalue weighted by Gasteiger charge is -2.25. The van der Waals surface area contributed by atoms with Gasteiger partial charge >= 0.3 is 21.5 Å². The lowest BCUT2D eigenvalue weighted by molar-refractivity contribution is -0.139. The van der Waals surface area contributed by atoms with Gasteiger partial charge in [0.25, 0.3) is 0 Å². The first-order valence-corrected chi connectivity index (χ1v) is 14.8. The quantitative estimate of drug-likeness (QED) is 0.178. The number of ether oxygens (including phenoxy) is 1. The molecular formula is C24H22F3I2NO7S. The molecule has 0 saturated carbocycles. The topological polar surface area (TPSA) is 114 Å². The van der Waals surface area contributed by atoms with Crippen molar-refractivity contribution >= 4 is 83.6 Å². The van der Waals surface area contributed by atoms with Gasteiger partial charge in [0.15, 0.2) is 6.61 Å². The van der Waals surface area contributed by atoms with E-state index in [4.69, 9.17) is 14.3 Å². The number of alkyl halides is 3. The van der Waals surface area contributed by atoms with Crippen LogP contribution in [0.5, 0.6) is 5.75 Å². The van der Waals surface area contributed by atoms with Crippen molar-refractivity contribution in [2.75, 3.05) is 17.5 Å². The highest BCUT2D eigenvalue weighted by molar-refractivity contribution is 14.1. The molecule has 8 nitrogen and oxygen atoms in total. The van der Waals surface area contributed by atoms with Crippen molar-refractivity contribution < 1.29 is 45.4 Å². The van der Waals surface area contributed by atoms with Gasteiger partial charge in [-0.15, -0.1) is 0 Å². The number of furan rings is 1. The van der Waals surface area contributed by atoms with E-state index in [2.05, 4.69) is 0 Å². The fraction of sp³-hybridized carbons (Fsp3) is 0.333. The van der Waals surface area contributed by atoms with E-state index in [9.17, 15) is 31.2 Å². The number of fused-ring (bicyclic) bond motifs is 1. The summed E-state index contributed by atoms with van der Waals surface area (Å²) in [6, 6.07) is 5.19. The number of carbonyl (C=O) groups is 2. The Labute approximate surface area is 243 Å². The molecule has 38 heavy (non-hydrogen) atoms. The van der Waals surface area contributed by atoms with E-state index in [1.54, 1.807) is 13.0 Å². The van der Waals surface area contributed by atoms with Gasteiger partial charge in [-0.1, -0.05) is 20.3 Å². The van der Waals surface area contributed by atoms with Crippen LogP contribution in [0.25, 0.3) is 11.0 Å². The number of benzene rings is 2. The minimum atomic E-state index is -5.70. The van der Waals surface area contributed by atoms with Gasteiger partial charge in [-0.05, 0) is 87.9 Å². The molecule has 0 fully saturated rings. The Kier molecular flexibility index (Phi) is 9.60. The van der Waals surface area contributed by atoms with Crippen LogP contribution in [0, 0.1) is 7.14 Å². The molecule has 3 aromatic rings. The first-order valence-electron chi connectivity index (χ1n) is 11.2. The molecule has 3 rings (SSSR count). The summed E-state index contributed by atoms with van der Waals surface area (Å²) in [5.74, 6) is -1.81. The highest BCUT2D eigenvalue weighted by atomic mass is 127. The van der Waals surface area contributed by atoms with Crippen molar-refractivity contribution in [2.24, 2.45) is 0 Å². The SMILES string of the molecule is CCCCN(c1ccc2occ(C(=O)c3cc(I)c(CC)c(I)c3OCC(=O)O)c2c1)S(=O)(=O)C(F)(F)F. The van der Waals surface area contributed by atoms with Gasteiger partial charge < -0.3 is 14.3 Å². The van der Waals surface area contributed by atoms with E-state index in [0.29, 0.717) is 16.4 Å². The number of hydrogen-bond donors (Lipinski definition) is 1. The van der Waals surface area contributed by atoms with Crippen LogP contribution in [0.2, 0.25) is 0 Å². The van der Waals surface area contributed by atoms with Crippen molar-refractivity contribution in [3.05, 3.63) is 54.4 Å². The predicted molar refractivity (Wildman–Crippen MR) is 151 cm³/mol. The molecular weight excluding hydrogens is 757 g/mol. The molecule has 0 saturated heterocycles. The fourth-order valence-corrected chi connectivity index (χ4v) is 7.32. The summed E-state index contributed by atoms with van der Waals surface area (Å²) in [5, 5.41) is 9.20. The van der Waals surface area contributed by atoms with E-state index >= 15 is 0 Å². The maximum atomic E-state index is 13.7. The molecule has 0 aliphatic rings. The zero-order valence-corrected chi connectivity index (χ0v) is 25.2. The number of halogens is 5. The molecule has 0 amide bonds. The minimum Gasteiger partial charge on any atom is -0.480 e. The van der Waals surface area contributed by atoms with Gasteiger partial charge in [0.05, 0.1) is 20.4 Å². The van der Waals surface area contributed by atoms with E-state index in [1.165, 1.54) is 18.2 Å². The van der Waals surface area contributed by atoms with Crippen LogP contribution in [0.3, 0.4) is 0 Å². The lowest BCUT2D eigenvalue weighted by atomic mass is 9.99. The molecule has 1 aromatic heterocycles. The number of hydrogen-bond acceptors (Lipinski definition) is 6. The predicted octanol–water partition coefficient (Wildman–Crippen LogP) is 6.35. The lowest BCUT2D eigenvalue weighted by Crippen LogP contribution is -2.41. The van der Waals surface area contributed by atoms with Gasteiger partial charge in [0, 0.05) is 15.5 Å². The van der Waals surface area contributed by atoms with Crippen molar-refractivity contribution in [3.63, 3.8) is 0 Å². The smallest absolute Gasteiger partial charge is 0.480 e. The Balaban J connectivity index is 2.18. The van der Waals surface area contributed by atoms with Crippen LogP contribution in [-0.4, -0.2) is 43.9 Å². The average molecular weight is 779 g/mol. The summed E-state index contributed by atoms with van der Waals surface area (Å²) in [6.07, 6.45) is 2.34. The van der Waals surface area contributed by atoms with Crippen molar-refractivity contribution in [2.45, 2.75) is 38.6 Å². The Morgan fingerprint density at radius 2 is 1.82 bits per heavy atom. The number of carboxylic acids is 1. The summed E-state index contributed by atoms with van der Waals surface area (Å²) < 4.78 is 77.4. The first kappa shape index (κ1) is 30.5. The molecule has 14 heteroatoms. The first-order chi connectivity index (χ1) is 17.7. The third-order valence-corrected chi connectivity index (χ3v) is 9.26. The summed E-state index contributed by atoms with van der Waals surface area (Å²) in [6.45, 7) is 2.50. The molecule has 206 valence electrons. The van der Waals surface area contributed by atoms with Gasteiger partial charge in [-0.2, -0.15) is 21.6 Å². The average Bonchev–Trinajstić information content (AvgIpc) is 3.25. The molecule has 1 N–H and O–H groups in total. The molecule has 0 bridgehead atoms. The Morgan fingerprint density at radius 1 is 1.13 bits per heavy atom. The largest absolute Gasteiger partial charge is 0.516 e. The Morgan fingerprint density at radius 3 is 2.39 bits per heavy atom. The second-order valence-corrected chi connectivity index (χ2v) is 12.2. The van der Waals surface area contributed by atoms with Crippen LogP contribution in [-0.2, 0) is 21.2 Å². The maximum Gasteiger partial charge on any atom is 0.516 e. The normalized spacial score (nSPS) is 12.1. The number of ketones is 1. The number of carboxylic acid groups (broad SMARTS) is 1. The molecule has 0 aliphatic heterocycles. The molecule has 0 unspecified atom stereocenters. The molecule has 0 atom stereocenters. The van der Waals surface area contributed by atoms with Crippen LogP contribution in [0.4, 0.5) is 18.9 Å². The molecule has 0 radical (unpaired) electrons. The highest BCUT2D eigenvalue weighted by Gasteiger charge is 2.50. The second-order valence-electron chi connectivity index (χ2n) is 8.10. The van der Waals surface area contributed by atoms with Crippen LogP contribution < -0.4 is 9.04 Å². The number of anilines is 1. The third kappa shape index (κ3) is 6.05. The van der Waals surface area contributed by atoms with Crippen molar-refractivity contribution in [1.82, 2.24) is 0 Å². The summed E-state index contributed by atoms with van der Waals surface area (Å²) >= 11 is 4.02. The zero-order valence-electron chi connectivity index (χ0n) is 20.1. The van der Waals surface area contributed by atoms with Crippen molar-refractivity contribution in [1.29, 1.82) is 0 Å². The van der Waals surface area contributed by atoms with E-state index in [1.807, 2.05) is 52.1 Å². The van der Waals surface area contributed by atoms with E-state index < -0.39 is 40.4 Å². The number of aliphatic carboxylic acids is 1. The van der Waals surface area contributed by atoms with Gasteiger partial charge in [-0.3, -0.25) is 9.10 Å². The number of sulfonamides is 1. The standard InChI is InChI=1S/C24H22F3I2NO7S/c1-3-5-8-30(38(34,35)24(25,26)27)13-6-7-19-15(9-13)17(11-36-19)22(33)16-10-18(28)14(4-2)21(29)23(16)37-12-20(31)32/h6-7,9-11H,3-5,8,12H2,1-2H3,(H,31,32). The summed E-state index contributed by atoms with van der Waals surface area (Å²) in [7, 11) is -5.70. The van der Waals surface area contributed by atoms with Gasteiger partial charge in [-0.25, -0.2) is 4.79 Å². The minimum absolute atomic E-state index is 0.0381. The van der Waals surface area contributed by atoms with Crippen molar-refractivity contribution in [3.8, 4) is 5.75 Å². The maximum absolute atomic E-state index is 13.7. The Bertz CT molecular complexity index is 1490. The van der Waals surface area contributed by atoms with Gasteiger partial charge in [0.2, 0.25) is 5.78 Å². The second kappa shape index (κ2) is 12.0. The molecule has 0 aliphatic carbocycles. The Hall–Kier alpha value is -2.08. The van der Waals surface area contributed by atoms with Gasteiger partial charge in [0.1, 0.15) is 17.6 Å². The summed E-state index contributed by atoms with van der Waals surface area (Å²) in [4.78, 5) is 24.8. The molecule has 0 spiro atoms.